The molecule has 0 radical (unpaired) electrons. The van der Waals surface area contributed by atoms with Crippen molar-refractivity contribution in [1.82, 2.24) is 9.47 Å². The first-order valence-corrected chi connectivity index (χ1v) is 10.9. The van der Waals surface area contributed by atoms with Crippen LogP contribution in [-0.4, -0.2) is 72.4 Å². The Hall–Kier alpha value is -3.27. The Bertz CT molecular complexity index is 1170. The summed E-state index contributed by atoms with van der Waals surface area (Å²) in [4.78, 5) is 50.4. The molecule has 1 aliphatic carbocycles. The maximum Gasteiger partial charge on any atom is 0.341 e. The van der Waals surface area contributed by atoms with Crippen molar-refractivity contribution in [3.05, 3.63) is 33.9 Å². The summed E-state index contributed by atoms with van der Waals surface area (Å²) in [7, 11) is 1.41. The first-order chi connectivity index (χ1) is 15.8. The minimum Gasteiger partial charge on any atom is -0.492 e. The van der Waals surface area contributed by atoms with E-state index >= 15 is 4.39 Å². The van der Waals surface area contributed by atoms with Crippen molar-refractivity contribution in [3.8, 4) is 5.75 Å². The molecule has 2 aromatic rings. The van der Waals surface area contributed by atoms with Crippen LogP contribution in [-0.2, 0) is 9.59 Å². The van der Waals surface area contributed by atoms with Crippen LogP contribution in [0.1, 0.15) is 36.2 Å². The van der Waals surface area contributed by atoms with Gasteiger partial charge in [0.1, 0.15) is 23.8 Å². The quantitative estimate of drug-likeness (QED) is 0.469. The topological polar surface area (TPSA) is 109 Å². The largest absolute Gasteiger partial charge is 0.492 e. The summed E-state index contributed by atoms with van der Waals surface area (Å²) in [6, 6.07) is 1.06. The number of benzene rings is 1. The van der Waals surface area contributed by atoms with Crippen LogP contribution in [0.4, 0.5) is 10.1 Å². The highest BCUT2D eigenvalue weighted by molar-refractivity contribution is 5.97. The van der Waals surface area contributed by atoms with E-state index in [4.69, 9.17) is 4.74 Å². The van der Waals surface area contributed by atoms with Gasteiger partial charge < -0.3 is 28.9 Å². The highest BCUT2D eigenvalue weighted by Gasteiger charge is 2.33. The monoisotopic (exact) mass is 459 g/mol. The molecule has 1 unspecified atom stereocenters. The van der Waals surface area contributed by atoms with Crippen molar-refractivity contribution >= 4 is 35.1 Å². The molecule has 1 saturated carbocycles. The average molecular weight is 459 g/mol. The molecule has 0 bridgehead atoms. The van der Waals surface area contributed by atoms with Gasteiger partial charge in [0.15, 0.2) is 11.6 Å². The lowest BCUT2D eigenvalue weighted by Crippen LogP contribution is -2.53. The number of piperazine rings is 1. The molecule has 1 atom stereocenters. The molecule has 4 rings (SSSR count). The zero-order valence-electron chi connectivity index (χ0n) is 18.5. The van der Waals surface area contributed by atoms with Gasteiger partial charge in [-0.3, -0.25) is 9.69 Å². The molecule has 1 aromatic heterocycles. The summed E-state index contributed by atoms with van der Waals surface area (Å²) in [5.74, 6) is -2.53. The summed E-state index contributed by atoms with van der Waals surface area (Å²) in [5.41, 5.74) is -0.532. The highest BCUT2D eigenvalue weighted by atomic mass is 19.1. The van der Waals surface area contributed by atoms with E-state index in [0.717, 1.165) is 18.9 Å². The van der Waals surface area contributed by atoms with Gasteiger partial charge in [0.05, 0.1) is 23.9 Å². The van der Waals surface area contributed by atoms with Gasteiger partial charge in [-0.05, 0) is 25.8 Å². The van der Waals surface area contributed by atoms with Gasteiger partial charge in [-0.2, -0.15) is 0 Å². The predicted octanol–water partition coefficient (Wildman–Crippen LogP) is 1.71. The van der Waals surface area contributed by atoms with Crippen molar-refractivity contribution in [2.75, 3.05) is 38.2 Å². The highest BCUT2D eigenvalue weighted by Crippen LogP contribution is 2.44. The SMILES string of the molecule is COc1c(N2CCN(CC(C=O)C=O)C(C)C2)c(F)cc2c(=O)c(C(=O)O)cn(C3CC3)c12. The third kappa shape index (κ3) is 4.10. The van der Waals surface area contributed by atoms with Crippen LogP contribution in [0.15, 0.2) is 17.1 Å². The number of aromatic carboxylic acids is 1. The number of carboxylic acid groups (broad SMARTS) is 1. The molecule has 9 nitrogen and oxygen atoms in total. The summed E-state index contributed by atoms with van der Waals surface area (Å²) in [5, 5.41) is 9.44. The molecule has 33 heavy (non-hydrogen) atoms. The molecule has 2 heterocycles. The van der Waals surface area contributed by atoms with Crippen molar-refractivity contribution in [2.24, 2.45) is 5.92 Å². The number of halogens is 1. The van der Waals surface area contributed by atoms with Crippen LogP contribution in [0.5, 0.6) is 5.75 Å². The molecular weight excluding hydrogens is 433 g/mol. The number of ether oxygens (including phenoxy) is 1. The smallest absolute Gasteiger partial charge is 0.341 e. The van der Waals surface area contributed by atoms with E-state index in [0.29, 0.717) is 44.3 Å². The molecule has 1 aromatic carbocycles. The maximum absolute atomic E-state index is 15.4. The number of carbonyl (C=O) groups excluding carboxylic acids is 2. The van der Waals surface area contributed by atoms with Gasteiger partial charge in [0.25, 0.3) is 0 Å². The first-order valence-electron chi connectivity index (χ1n) is 10.9. The number of aldehydes is 2. The Labute approximate surface area is 189 Å². The number of carboxylic acids is 1. The van der Waals surface area contributed by atoms with Gasteiger partial charge in [-0.15, -0.1) is 0 Å². The van der Waals surface area contributed by atoms with Crippen molar-refractivity contribution in [3.63, 3.8) is 0 Å². The average Bonchev–Trinajstić information content (AvgIpc) is 3.63. The summed E-state index contributed by atoms with van der Waals surface area (Å²) >= 11 is 0. The summed E-state index contributed by atoms with van der Waals surface area (Å²) < 4.78 is 22.8. The molecule has 2 fully saturated rings. The van der Waals surface area contributed by atoms with Crippen LogP contribution in [0.25, 0.3) is 10.9 Å². The van der Waals surface area contributed by atoms with Crippen LogP contribution >= 0.6 is 0 Å². The lowest BCUT2D eigenvalue weighted by atomic mass is 10.1. The molecule has 2 aliphatic rings. The number of nitrogens with zero attached hydrogens (tertiary/aromatic N) is 3. The number of hydrogen-bond acceptors (Lipinski definition) is 7. The second kappa shape index (κ2) is 8.93. The lowest BCUT2D eigenvalue weighted by Gasteiger charge is -2.41. The fourth-order valence-electron chi connectivity index (χ4n) is 4.58. The van der Waals surface area contributed by atoms with E-state index < -0.39 is 28.7 Å². The van der Waals surface area contributed by atoms with Crippen LogP contribution in [0, 0.1) is 11.7 Å². The van der Waals surface area contributed by atoms with E-state index in [-0.39, 0.29) is 28.9 Å². The van der Waals surface area contributed by atoms with Crippen molar-refractivity contribution in [1.29, 1.82) is 0 Å². The van der Waals surface area contributed by atoms with E-state index in [2.05, 4.69) is 0 Å². The van der Waals surface area contributed by atoms with Crippen LogP contribution in [0.3, 0.4) is 0 Å². The molecule has 1 aliphatic heterocycles. The molecule has 1 N–H and O–H groups in total. The Morgan fingerprint density at radius 3 is 2.55 bits per heavy atom. The number of carbonyl (C=O) groups is 3. The number of aromatic nitrogens is 1. The fourth-order valence-corrected chi connectivity index (χ4v) is 4.58. The number of methoxy groups -OCH3 is 1. The molecule has 176 valence electrons. The van der Waals surface area contributed by atoms with Gasteiger partial charge in [0.2, 0.25) is 5.43 Å². The van der Waals surface area contributed by atoms with Gasteiger partial charge >= 0.3 is 5.97 Å². The zero-order chi connectivity index (χ0) is 23.9. The third-order valence-corrected chi connectivity index (χ3v) is 6.45. The normalized spacial score (nSPS) is 19.2. The van der Waals surface area contributed by atoms with Gasteiger partial charge in [-0.1, -0.05) is 0 Å². The predicted molar refractivity (Wildman–Crippen MR) is 119 cm³/mol. The molecular formula is C23H26FN3O6. The fraction of sp³-hybridized carbons (Fsp3) is 0.478. The second-order valence-corrected chi connectivity index (χ2v) is 8.68. The van der Waals surface area contributed by atoms with Gasteiger partial charge in [0, 0.05) is 44.5 Å². The second-order valence-electron chi connectivity index (χ2n) is 8.68. The van der Waals surface area contributed by atoms with Crippen LogP contribution in [0.2, 0.25) is 0 Å². The zero-order valence-corrected chi connectivity index (χ0v) is 18.5. The number of hydrogen-bond donors (Lipinski definition) is 1. The van der Waals surface area contributed by atoms with E-state index in [1.807, 2.05) is 16.7 Å². The standard InChI is InChI=1S/C23H26FN3O6/c1-13-8-26(6-5-25(13)9-14(11-28)12-29)20-18(24)7-16-19(22(20)33-2)27(15-3-4-15)10-17(21(16)30)23(31)32/h7,10-15H,3-6,8-9H2,1-2H3,(H,31,32). The maximum atomic E-state index is 15.4. The Kier molecular flexibility index (Phi) is 6.20. The minimum atomic E-state index is -1.35. The van der Waals surface area contributed by atoms with Crippen molar-refractivity contribution < 1.29 is 28.6 Å². The number of pyridine rings is 1. The minimum absolute atomic E-state index is 0.0219. The summed E-state index contributed by atoms with van der Waals surface area (Å²) in [6.45, 7) is 3.59. The molecule has 1 saturated heterocycles. The van der Waals surface area contributed by atoms with Gasteiger partial charge in [-0.25, -0.2) is 9.18 Å². The summed E-state index contributed by atoms with van der Waals surface area (Å²) in [6.07, 6.45) is 4.24. The van der Waals surface area contributed by atoms with Crippen molar-refractivity contribution in [2.45, 2.75) is 31.8 Å². The van der Waals surface area contributed by atoms with E-state index in [1.54, 1.807) is 4.57 Å². The lowest BCUT2D eigenvalue weighted by molar-refractivity contribution is -0.120. The third-order valence-electron chi connectivity index (χ3n) is 6.45. The Balaban J connectivity index is 1.79. The molecule has 10 heteroatoms. The number of rotatable bonds is 8. The van der Waals surface area contributed by atoms with E-state index in [9.17, 15) is 24.3 Å². The number of fused-ring (bicyclic) bond motifs is 1. The van der Waals surface area contributed by atoms with E-state index in [1.165, 1.54) is 13.3 Å². The first kappa shape index (κ1) is 22.9. The Morgan fingerprint density at radius 2 is 2.00 bits per heavy atom. The molecule has 0 amide bonds. The number of anilines is 1. The van der Waals surface area contributed by atoms with Crippen LogP contribution < -0.4 is 15.1 Å². The Morgan fingerprint density at radius 1 is 1.30 bits per heavy atom. The molecule has 0 spiro atoms.